The van der Waals surface area contributed by atoms with Crippen LogP contribution in [0.4, 0.5) is 0 Å². The zero-order chi connectivity index (χ0) is 11.0. The van der Waals surface area contributed by atoms with Gasteiger partial charge in [0.25, 0.3) is 0 Å². The van der Waals surface area contributed by atoms with Gasteiger partial charge >= 0.3 is 0 Å². The average Bonchev–Trinajstić information content (AvgIpc) is 2.64. The van der Waals surface area contributed by atoms with Crippen LogP contribution in [0.5, 0.6) is 0 Å². The van der Waals surface area contributed by atoms with Gasteiger partial charge in [0.15, 0.2) is 6.29 Å². The monoisotopic (exact) mass is 219 g/mol. The van der Waals surface area contributed by atoms with Crippen LogP contribution >= 0.6 is 0 Å². The second kappa shape index (κ2) is 4.17. The van der Waals surface area contributed by atoms with Gasteiger partial charge in [-0.1, -0.05) is 37.3 Å². The lowest BCUT2D eigenvalue weighted by atomic mass is 9.97. The van der Waals surface area contributed by atoms with E-state index in [2.05, 4.69) is 36.3 Å². The van der Waals surface area contributed by atoms with Gasteiger partial charge in [-0.3, -0.25) is 4.84 Å². The first-order chi connectivity index (χ1) is 7.83. The molecule has 0 radical (unpaired) electrons. The molecule has 0 unspecified atom stereocenters. The lowest BCUT2D eigenvalue weighted by Crippen LogP contribution is -2.35. The van der Waals surface area contributed by atoms with Crippen molar-refractivity contribution in [1.82, 2.24) is 5.06 Å². The molecular formula is C13H17NO2. The van der Waals surface area contributed by atoms with Crippen LogP contribution in [-0.4, -0.2) is 24.0 Å². The van der Waals surface area contributed by atoms with E-state index in [0.717, 1.165) is 19.6 Å². The summed E-state index contributed by atoms with van der Waals surface area (Å²) >= 11 is 0. The first-order valence-corrected chi connectivity index (χ1v) is 5.92. The number of hydrogen-bond acceptors (Lipinski definition) is 3. The van der Waals surface area contributed by atoms with E-state index in [4.69, 9.17) is 9.57 Å². The van der Waals surface area contributed by atoms with Crippen LogP contribution in [0.25, 0.3) is 0 Å². The van der Waals surface area contributed by atoms with Gasteiger partial charge < -0.3 is 4.74 Å². The van der Waals surface area contributed by atoms with Crippen molar-refractivity contribution in [3.8, 4) is 0 Å². The molecule has 0 spiro atoms. The minimum Gasteiger partial charge on any atom is -0.350 e. The number of benzene rings is 1. The van der Waals surface area contributed by atoms with Crippen molar-refractivity contribution >= 4 is 0 Å². The first kappa shape index (κ1) is 10.3. The summed E-state index contributed by atoms with van der Waals surface area (Å²) in [6.45, 7) is 3.91. The van der Waals surface area contributed by atoms with Crippen LogP contribution < -0.4 is 0 Å². The van der Waals surface area contributed by atoms with Gasteiger partial charge in [-0.25, -0.2) is 0 Å². The van der Waals surface area contributed by atoms with Gasteiger partial charge in [0.2, 0.25) is 0 Å². The Morgan fingerprint density at radius 2 is 2.12 bits per heavy atom. The van der Waals surface area contributed by atoms with Crippen LogP contribution in [-0.2, 0) is 16.1 Å². The topological polar surface area (TPSA) is 21.7 Å². The highest BCUT2D eigenvalue weighted by atomic mass is 16.8. The highest BCUT2D eigenvalue weighted by Gasteiger charge is 2.41. The molecule has 3 nitrogen and oxygen atoms in total. The lowest BCUT2D eigenvalue weighted by Gasteiger charge is -2.26. The van der Waals surface area contributed by atoms with Gasteiger partial charge in [-0.2, -0.15) is 5.06 Å². The van der Waals surface area contributed by atoms with Gasteiger partial charge in [-0.15, -0.1) is 0 Å². The molecule has 3 rings (SSSR count). The minimum absolute atomic E-state index is 0.00934. The number of fused-ring (bicyclic) bond motifs is 2. The summed E-state index contributed by atoms with van der Waals surface area (Å²) in [5.41, 5.74) is 1.29. The van der Waals surface area contributed by atoms with Crippen molar-refractivity contribution in [3.63, 3.8) is 0 Å². The Balaban J connectivity index is 1.72. The standard InChI is InChI=1S/C13H17NO2/c1-10-9-15-13-7-12(10)14(16-13)8-11-5-3-2-4-6-11/h2-6,10,12-13H,7-9H2,1H3/t10-,12+,13-/m1/s1. The predicted molar refractivity (Wildman–Crippen MR) is 60.4 cm³/mol. The van der Waals surface area contributed by atoms with E-state index >= 15 is 0 Å². The average molecular weight is 219 g/mol. The Bertz CT molecular complexity index is 354. The number of hydroxylamine groups is 2. The summed E-state index contributed by atoms with van der Waals surface area (Å²) < 4.78 is 5.59. The molecular weight excluding hydrogens is 202 g/mol. The molecule has 86 valence electrons. The van der Waals surface area contributed by atoms with E-state index in [-0.39, 0.29) is 6.29 Å². The van der Waals surface area contributed by atoms with Crippen molar-refractivity contribution in [2.75, 3.05) is 6.61 Å². The second-order valence-corrected chi connectivity index (χ2v) is 4.71. The molecule has 16 heavy (non-hydrogen) atoms. The van der Waals surface area contributed by atoms with Crippen LogP contribution in [0, 0.1) is 5.92 Å². The quantitative estimate of drug-likeness (QED) is 0.761. The Labute approximate surface area is 95.9 Å². The van der Waals surface area contributed by atoms with Gasteiger partial charge in [0.1, 0.15) is 0 Å². The lowest BCUT2D eigenvalue weighted by molar-refractivity contribution is -0.228. The van der Waals surface area contributed by atoms with Crippen LogP contribution in [0.1, 0.15) is 18.9 Å². The zero-order valence-electron chi connectivity index (χ0n) is 9.50. The summed E-state index contributed by atoms with van der Waals surface area (Å²) in [5.74, 6) is 0.558. The molecule has 0 aromatic heterocycles. The third-order valence-electron chi connectivity index (χ3n) is 3.44. The molecule has 2 bridgehead atoms. The zero-order valence-corrected chi connectivity index (χ0v) is 9.50. The van der Waals surface area contributed by atoms with Crippen molar-refractivity contribution < 1.29 is 9.57 Å². The summed E-state index contributed by atoms with van der Waals surface area (Å²) in [7, 11) is 0. The van der Waals surface area contributed by atoms with E-state index < -0.39 is 0 Å². The van der Waals surface area contributed by atoms with E-state index in [0.29, 0.717) is 12.0 Å². The van der Waals surface area contributed by atoms with Crippen molar-refractivity contribution in [2.24, 2.45) is 5.92 Å². The Morgan fingerprint density at radius 1 is 1.31 bits per heavy atom. The molecule has 0 saturated carbocycles. The SMILES string of the molecule is C[C@@H]1CO[C@H]2C[C@@H]1N(Cc1ccccc1)O2. The molecule has 2 heterocycles. The molecule has 2 aliphatic heterocycles. The summed E-state index contributed by atoms with van der Waals surface area (Å²) in [4.78, 5) is 5.77. The van der Waals surface area contributed by atoms with Gasteiger partial charge in [0.05, 0.1) is 6.61 Å². The Hall–Kier alpha value is -0.900. The third kappa shape index (κ3) is 1.86. The van der Waals surface area contributed by atoms with Crippen molar-refractivity contribution in [1.29, 1.82) is 0 Å². The van der Waals surface area contributed by atoms with E-state index in [1.54, 1.807) is 0 Å². The normalized spacial score (nSPS) is 34.2. The number of rotatable bonds is 2. The number of nitrogens with zero attached hydrogens (tertiary/aromatic N) is 1. The fraction of sp³-hybridized carbons (Fsp3) is 0.538. The van der Waals surface area contributed by atoms with E-state index in [1.807, 2.05) is 6.07 Å². The maximum absolute atomic E-state index is 5.77. The number of ether oxygens (including phenoxy) is 1. The molecule has 1 aromatic rings. The van der Waals surface area contributed by atoms with Crippen LogP contribution in [0.15, 0.2) is 30.3 Å². The fourth-order valence-electron chi connectivity index (χ4n) is 2.49. The highest BCUT2D eigenvalue weighted by molar-refractivity contribution is 5.14. The van der Waals surface area contributed by atoms with E-state index in [9.17, 15) is 0 Å². The minimum atomic E-state index is -0.00934. The highest BCUT2D eigenvalue weighted by Crippen LogP contribution is 2.33. The number of hydrogen-bond donors (Lipinski definition) is 0. The van der Waals surface area contributed by atoms with Crippen molar-refractivity contribution in [2.45, 2.75) is 32.2 Å². The van der Waals surface area contributed by atoms with Gasteiger partial charge in [-0.05, 0) is 11.5 Å². The Kier molecular flexibility index (Phi) is 2.67. The second-order valence-electron chi connectivity index (χ2n) is 4.71. The molecule has 3 atom stereocenters. The molecule has 0 amide bonds. The molecule has 1 aromatic carbocycles. The molecule has 2 aliphatic rings. The molecule has 3 heteroatoms. The van der Waals surface area contributed by atoms with Crippen LogP contribution in [0.2, 0.25) is 0 Å². The smallest absolute Gasteiger partial charge is 0.179 e. The molecule has 0 N–H and O–H groups in total. The maximum atomic E-state index is 5.77. The van der Waals surface area contributed by atoms with Crippen molar-refractivity contribution in [3.05, 3.63) is 35.9 Å². The summed E-state index contributed by atoms with van der Waals surface area (Å²) in [6.07, 6.45) is 0.999. The van der Waals surface area contributed by atoms with Crippen LogP contribution in [0.3, 0.4) is 0 Å². The largest absolute Gasteiger partial charge is 0.350 e. The first-order valence-electron chi connectivity index (χ1n) is 5.92. The third-order valence-corrected chi connectivity index (χ3v) is 3.44. The molecule has 0 aliphatic carbocycles. The predicted octanol–water partition coefficient (Wildman–Crippen LogP) is 2.18. The van der Waals surface area contributed by atoms with E-state index in [1.165, 1.54) is 5.56 Å². The fourth-order valence-corrected chi connectivity index (χ4v) is 2.49. The Morgan fingerprint density at radius 3 is 2.94 bits per heavy atom. The molecule has 2 fully saturated rings. The summed E-state index contributed by atoms with van der Waals surface area (Å²) in [6, 6.07) is 11.0. The summed E-state index contributed by atoms with van der Waals surface area (Å²) in [5, 5.41) is 2.09. The molecule has 2 saturated heterocycles. The maximum Gasteiger partial charge on any atom is 0.179 e. The van der Waals surface area contributed by atoms with Gasteiger partial charge in [0, 0.05) is 19.0 Å².